The zero-order chi connectivity index (χ0) is 19.9. The fourth-order valence-corrected chi connectivity index (χ4v) is 3.12. The lowest BCUT2D eigenvalue weighted by molar-refractivity contribution is 0.154. The molecule has 2 heterocycles. The smallest absolute Gasteiger partial charge is 0.323 e. The molecule has 2 radical (unpaired) electrons. The molecule has 8 heteroatoms. The van der Waals surface area contributed by atoms with E-state index in [1.165, 1.54) is 0 Å². The topological polar surface area (TPSA) is 77.6 Å². The number of nitrogens with zero attached hydrogens (tertiary/aromatic N) is 3. The minimum atomic E-state index is -0.349. The van der Waals surface area contributed by atoms with Gasteiger partial charge in [0.15, 0.2) is 5.81 Å². The van der Waals surface area contributed by atoms with Crippen molar-refractivity contribution in [3.63, 3.8) is 0 Å². The van der Waals surface area contributed by atoms with Crippen LogP contribution in [-0.4, -0.2) is 67.2 Å². The molecule has 0 saturated carbocycles. The Balaban J connectivity index is 1.48. The Bertz CT molecular complexity index is 820. The number of hydrogen-bond acceptors (Lipinski definition) is 4. The van der Waals surface area contributed by atoms with Crippen LogP contribution in [0.15, 0.2) is 42.6 Å². The molecule has 1 aromatic heterocycles. The molecule has 2 aromatic rings. The third-order valence-electron chi connectivity index (χ3n) is 4.75. The highest BCUT2D eigenvalue weighted by molar-refractivity contribution is 6.56. The highest BCUT2D eigenvalue weighted by atomic mass is 16.2. The number of carbonyl (C=O) groups excluding carboxylic acids is 2. The SMILES string of the molecule is [B]C(=O)N1CCN(CCc2cccc(NC(=O)Nc3ccc(C)nc3)c2)CC1. The Labute approximate surface area is 166 Å². The maximum atomic E-state index is 12.2. The zero-order valence-electron chi connectivity index (χ0n) is 16.0. The number of hydrogen-bond donors (Lipinski definition) is 2. The highest BCUT2D eigenvalue weighted by Gasteiger charge is 2.17. The molecule has 1 aliphatic rings. The van der Waals surface area contributed by atoms with Crippen molar-refractivity contribution in [2.75, 3.05) is 43.4 Å². The number of amides is 3. The van der Waals surface area contributed by atoms with Gasteiger partial charge in [-0.2, -0.15) is 0 Å². The first kappa shape index (κ1) is 19.9. The van der Waals surface area contributed by atoms with Crippen molar-refractivity contribution in [2.45, 2.75) is 13.3 Å². The van der Waals surface area contributed by atoms with Gasteiger partial charge in [-0.3, -0.25) is 14.7 Å². The van der Waals surface area contributed by atoms with Gasteiger partial charge in [0, 0.05) is 44.1 Å². The second-order valence-electron chi connectivity index (χ2n) is 6.88. The predicted molar refractivity (Wildman–Crippen MR) is 111 cm³/mol. The molecule has 0 unspecified atom stereocenters. The van der Waals surface area contributed by atoms with Crippen LogP contribution in [0.25, 0.3) is 0 Å². The molecule has 1 saturated heterocycles. The van der Waals surface area contributed by atoms with Gasteiger partial charge in [-0.25, -0.2) is 4.79 Å². The van der Waals surface area contributed by atoms with Crippen molar-refractivity contribution in [1.29, 1.82) is 0 Å². The molecule has 0 aliphatic carbocycles. The van der Waals surface area contributed by atoms with E-state index in [9.17, 15) is 9.59 Å². The molecule has 0 atom stereocenters. The number of pyridine rings is 1. The van der Waals surface area contributed by atoms with Crippen molar-refractivity contribution in [1.82, 2.24) is 14.8 Å². The molecule has 1 fully saturated rings. The molecule has 1 aromatic carbocycles. The largest absolute Gasteiger partial charge is 0.350 e. The van der Waals surface area contributed by atoms with Gasteiger partial charge in [0.1, 0.15) is 0 Å². The third kappa shape index (κ3) is 5.82. The van der Waals surface area contributed by atoms with E-state index in [0.29, 0.717) is 18.8 Å². The summed E-state index contributed by atoms with van der Waals surface area (Å²) in [5.74, 6) is -0.349. The van der Waals surface area contributed by atoms with E-state index in [1.807, 2.05) is 43.3 Å². The summed E-state index contributed by atoms with van der Waals surface area (Å²) < 4.78 is 0. The molecule has 7 nitrogen and oxygen atoms in total. The van der Waals surface area contributed by atoms with E-state index in [0.717, 1.165) is 43.0 Å². The highest BCUT2D eigenvalue weighted by Crippen LogP contribution is 2.13. The monoisotopic (exact) mass is 377 g/mol. The average molecular weight is 377 g/mol. The van der Waals surface area contributed by atoms with Crippen molar-refractivity contribution in [3.8, 4) is 0 Å². The van der Waals surface area contributed by atoms with Crippen LogP contribution in [-0.2, 0) is 6.42 Å². The Morgan fingerprint density at radius 2 is 1.82 bits per heavy atom. The number of aryl methyl sites for hydroxylation is 1. The molecule has 28 heavy (non-hydrogen) atoms. The summed E-state index contributed by atoms with van der Waals surface area (Å²) in [6.07, 6.45) is 2.50. The van der Waals surface area contributed by atoms with Gasteiger partial charge in [-0.05, 0) is 43.2 Å². The van der Waals surface area contributed by atoms with Crippen LogP contribution in [0, 0.1) is 6.92 Å². The molecular formula is C20H24BN5O2. The van der Waals surface area contributed by atoms with Crippen LogP contribution in [0.2, 0.25) is 0 Å². The molecule has 0 spiro atoms. The van der Waals surface area contributed by atoms with E-state index in [-0.39, 0.29) is 11.8 Å². The van der Waals surface area contributed by atoms with Crippen LogP contribution in [0.1, 0.15) is 11.3 Å². The number of rotatable bonds is 5. The second kappa shape index (κ2) is 9.37. The second-order valence-corrected chi connectivity index (χ2v) is 6.88. The predicted octanol–water partition coefficient (Wildman–Crippen LogP) is 2.48. The fraction of sp³-hybridized carbons (Fsp3) is 0.350. The van der Waals surface area contributed by atoms with Gasteiger partial charge in [-0.1, -0.05) is 12.1 Å². The minimum Gasteiger partial charge on any atom is -0.350 e. The quantitative estimate of drug-likeness (QED) is 0.785. The lowest BCUT2D eigenvalue weighted by Gasteiger charge is -2.34. The van der Waals surface area contributed by atoms with Gasteiger partial charge in [-0.15, -0.1) is 0 Å². The Kier molecular flexibility index (Phi) is 6.65. The lowest BCUT2D eigenvalue weighted by Crippen LogP contribution is -2.48. The summed E-state index contributed by atoms with van der Waals surface area (Å²) >= 11 is 0. The molecule has 0 bridgehead atoms. The van der Waals surface area contributed by atoms with E-state index in [1.54, 1.807) is 11.1 Å². The van der Waals surface area contributed by atoms with Crippen LogP contribution in [0.4, 0.5) is 21.0 Å². The Morgan fingerprint density at radius 1 is 1.07 bits per heavy atom. The Hall–Kier alpha value is -2.87. The number of benzene rings is 1. The van der Waals surface area contributed by atoms with Crippen LogP contribution in [0.5, 0.6) is 0 Å². The number of urea groups is 1. The number of piperazine rings is 1. The van der Waals surface area contributed by atoms with Gasteiger partial charge < -0.3 is 15.5 Å². The summed E-state index contributed by atoms with van der Waals surface area (Å²) in [5.41, 5.74) is 3.44. The van der Waals surface area contributed by atoms with E-state index < -0.39 is 0 Å². The Morgan fingerprint density at radius 3 is 2.50 bits per heavy atom. The van der Waals surface area contributed by atoms with E-state index in [4.69, 9.17) is 7.85 Å². The first-order chi connectivity index (χ1) is 13.5. The maximum absolute atomic E-state index is 12.2. The molecule has 144 valence electrons. The van der Waals surface area contributed by atoms with Crippen molar-refractivity contribution in [2.24, 2.45) is 0 Å². The van der Waals surface area contributed by atoms with Crippen molar-refractivity contribution < 1.29 is 9.59 Å². The first-order valence-corrected chi connectivity index (χ1v) is 9.36. The number of aromatic nitrogens is 1. The van der Waals surface area contributed by atoms with Crippen molar-refractivity contribution in [3.05, 3.63) is 53.9 Å². The van der Waals surface area contributed by atoms with Crippen LogP contribution < -0.4 is 10.6 Å². The number of anilines is 2. The molecule has 2 N–H and O–H groups in total. The van der Waals surface area contributed by atoms with Gasteiger partial charge in [0.25, 0.3) is 0 Å². The van der Waals surface area contributed by atoms with Crippen LogP contribution >= 0.6 is 0 Å². The van der Waals surface area contributed by atoms with Crippen LogP contribution in [0.3, 0.4) is 0 Å². The van der Waals surface area contributed by atoms with Gasteiger partial charge in [0.05, 0.1) is 11.9 Å². The molecular weight excluding hydrogens is 353 g/mol. The van der Waals surface area contributed by atoms with E-state index in [2.05, 4.69) is 20.5 Å². The fourth-order valence-electron chi connectivity index (χ4n) is 3.12. The normalized spacial score (nSPS) is 14.5. The minimum absolute atomic E-state index is 0.301. The zero-order valence-corrected chi connectivity index (χ0v) is 16.0. The first-order valence-electron chi connectivity index (χ1n) is 9.36. The maximum Gasteiger partial charge on any atom is 0.323 e. The summed E-state index contributed by atoms with van der Waals surface area (Å²) in [6.45, 7) is 5.79. The molecule has 3 rings (SSSR count). The van der Waals surface area contributed by atoms with Crippen molar-refractivity contribution >= 4 is 31.1 Å². The average Bonchev–Trinajstić information content (AvgIpc) is 2.69. The molecule has 3 amide bonds. The lowest BCUT2D eigenvalue weighted by atomic mass is 10.1. The third-order valence-corrected chi connectivity index (χ3v) is 4.75. The summed E-state index contributed by atoms with van der Waals surface area (Å²) in [6, 6.07) is 11.2. The number of nitrogens with one attached hydrogen (secondary N) is 2. The standard InChI is InChI=1S/C20H24BN5O2/c1-15-5-6-18(14-22-15)24-20(28)23-17-4-2-3-16(13-17)7-8-25-9-11-26(12-10-25)19(21)27/h2-6,13-14H,7-12H2,1H3,(H2,23,24,28). The molecule has 1 aliphatic heterocycles. The summed E-state index contributed by atoms with van der Waals surface area (Å²) in [7, 11) is 5.31. The van der Waals surface area contributed by atoms with Gasteiger partial charge in [0.2, 0.25) is 7.85 Å². The van der Waals surface area contributed by atoms with Gasteiger partial charge >= 0.3 is 6.03 Å². The summed E-state index contributed by atoms with van der Waals surface area (Å²) in [4.78, 5) is 31.5. The number of carbonyl (C=O) groups is 2. The van der Waals surface area contributed by atoms with E-state index >= 15 is 0 Å². The summed E-state index contributed by atoms with van der Waals surface area (Å²) in [5, 5.41) is 5.62.